The summed E-state index contributed by atoms with van der Waals surface area (Å²) in [6.45, 7) is 9.11. The number of hydrogen-bond acceptors (Lipinski definition) is 13. The average Bonchev–Trinajstić information content (AvgIpc) is 4.09. The molecule has 5 aromatic rings. The lowest BCUT2D eigenvalue weighted by Gasteiger charge is -2.56. The highest BCUT2D eigenvalue weighted by molar-refractivity contribution is 7.90. The summed E-state index contributed by atoms with van der Waals surface area (Å²) in [5, 5.41) is 26.8. The van der Waals surface area contributed by atoms with E-state index in [0.29, 0.717) is 61.6 Å². The number of piperidine rings is 1. The number of carbonyl (C=O) groups is 1. The molecule has 2 aliphatic carbocycles. The quantitative estimate of drug-likeness (QED) is 0.0644. The number of ether oxygens (including phenoxy) is 3. The van der Waals surface area contributed by atoms with E-state index in [1.807, 2.05) is 6.07 Å². The fourth-order valence-corrected chi connectivity index (χ4v) is 12.5. The molecule has 1 spiro atoms. The molecule has 0 radical (unpaired) electrons. The molecule has 354 valence electrons. The highest BCUT2D eigenvalue weighted by Crippen LogP contribution is 2.55. The number of carbonyl (C=O) groups excluding carboxylic acids is 1. The van der Waals surface area contributed by atoms with Crippen molar-refractivity contribution in [2.45, 2.75) is 113 Å². The Morgan fingerprint density at radius 2 is 1.78 bits per heavy atom. The van der Waals surface area contributed by atoms with Crippen molar-refractivity contribution in [2.24, 2.45) is 11.3 Å². The molecule has 4 N–H and O–H groups in total. The number of fused-ring (bicyclic) bond motifs is 2. The summed E-state index contributed by atoms with van der Waals surface area (Å²) in [6, 6.07) is 19.6. The molecular formula is C50H59N7O9S. The molecule has 67 heavy (non-hydrogen) atoms. The molecular weight excluding hydrogens is 875 g/mol. The third kappa shape index (κ3) is 8.88. The first-order chi connectivity index (χ1) is 32.2. The molecule has 10 rings (SSSR count). The van der Waals surface area contributed by atoms with Crippen LogP contribution in [0.3, 0.4) is 0 Å². The minimum Gasteiger partial charge on any atom is -0.455 e. The van der Waals surface area contributed by atoms with Crippen molar-refractivity contribution in [3.8, 4) is 23.0 Å². The van der Waals surface area contributed by atoms with Crippen LogP contribution in [0.5, 0.6) is 23.0 Å². The predicted octanol–water partition coefficient (Wildman–Crippen LogP) is 9.17. The summed E-state index contributed by atoms with van der Waals surface area (Å²) < 4.78 is 48.1. The summed E-state index contributed by atoms with van der Waals surface area (Å²) >= 11 is 0. The number of likely N-dealkylation sites (tertiary alicyclic amines) is 1. The number of anilines is 2. The van der Waals surface area contributed by atoms with E-state index in [0.717, 1.165) is 49.6 Å². The number of nitrogens with zero attached hydrogens (tertiary/aromatic N) is 4. The smallest absolute Gasteiger partial charge is 0.297 e. The standard InChI is InChI=1S/C50H59N7O9S/c1-31(2)37-7-4-5-8-38(37)40-9-6-20-56(40)35-26-50(27-35)17-21-55(22-18-50)34-10-11-39(42(24-34)66-36-23-33-14-19-51-47(33)53-29-36)48(58)54-67(62,63)43-25-41(57(60)61)44(46-45(43)64-30-65-46)52-28-32-12-15-49(3,59)16-13-32/h4-5,7-8,10-11,14,19,23-25,29,31-32,35,40,52,59H,6,9,12-13,15-18,20-22,26-28,30H2,1-3H3,(H,51,53)(H,54,58)/t32-,40-,49-/m0/s1. The van der Waals surface area contributed by atoms with Crippen LogP contribution < -0.4 is 29.1 Å². The third-order valence-corrected chi connectivity index (χ3v) is 16.5. The lowest BCUT2D eigenvalue weighted by atomic mass is 9.59. The zero-order chi connectivity index (χ0) is 46.7. The second-order valence-electron chi connectivity index (χ2n) is 19.9. The van der Waals surface area contributed by atoms with Crippen molar-refractivity contribution < 1.29 is 37.5 Å². The minimum atomic E-state index is -4.79. The van der Waals surface area contributed by atoms with Gasteiger partial charge in [-0.2, -0.15) is 0 Å². The number of H-pyrrole nitrogens is 1. The fourth-order valence-electron chi connectivity index (χ4n) is 11.3. The monoisotopic (exact) mass is 933 g/mol. The molecule has 5 aliphatic rings. The van der Waals surface area contributed by atoms with Gasteiger partial charge in [0.25, 0.3) is 21.6 Å². The van der Waals surface area contributed by atoms with Gasteiger partial charge >= 0.3 is 0 Å². The highest BCUT2D eigenvalue weighted by atomic mass is 32.2. The Balaban J connectivity index is 0.867. The SMILES string of the molecule is CC(C)c1ccccc1[C@@H]1CCCN1C1CC2(CCN(c3ccc(C(=O)NS(=O)(=O)c4cc([N+](=O)[O-])c(NC[C@H]5CC[C@](C)(O)CC5)c5c4OCO5)c(Oc4cnc5[nH]ccc5c4)c3)CC2)C1. The Bertz CT molecular complexity index is 2800. The molecule has 5 heterocycles. The molecule has 3 aliphatic heterocycles. The third-order valence-electron chi connectivity index (χ3n) is 15.1. The zero-order valence-corrected chi connectivity index (χ0v) is 39.1. The number of nitro groups is 1. The first-order valence-electron chi connectivity index (χ1n) is 23.6. The lowest BCUT2D eigenvalue weighted by molar-refractivity contribution is -0.384. The Hall–Kier alpha value is -5.91. The van der Waals surface area contributed by atoms with Gasteiger partial charge in [-0.25, -0.2) is 18.1 Å². The van der Waals surface area contributed by atoms with Crippen molar-refractivity contribution in [1.82, 2.24) is 19.6 Å². The molecule has 2 saturated carbocycles. The maximum Gasteiger partial charge on any atom is 0.297 e. The molecule has 3 aromatic carbocycles. The topological polar surface area (TPSA) is 201 Å². The fraction of sp³-hybridized carbons (Fsp3) is 0.480. The molecule has 0 bridgehead atoms. The van der Waals surface area contributed by atoms with Crippen molar-refractivity contribution in [1.29, 1.82) is 0 Å². The molecule has 2 aromatic heterocycles. The first kappa shape index (κ1) is 44.9. The predicted molar refractivity (Wildman–Crippen MR) is 254 cm³/mol. The molecule has 0 unspecified atom stereocenters. The minimum absolute atomic E-state index is 0.0105. The Morgan fingerprint density at radius 3 is 2.54 bits per heavy atom. The van der Waals surface area contributed by atoms with Gasteiger partial charge in [0.15, 0.2) is 17.2 Å². The van der Waals surface area contributed by atoms with Crippen LogP contribution in [0.4, 0.5) is 17.1 Å². The van der Waals surface area contributed by atoms with Gasteiger partial charge in [-0.05, 0) is 130 Å². The van der Waals surface area contributed by atoms with Crippen LogP contribution in [0.2, 0.25) is 0 Å². The van der Waals surface area contributed by atoms with Gasteiger partial charge in [0.05, 0.1) is 22.3 Å². The van der Waals surface area contributed by atoms with Gasteiger partial charge in [-0.15, -0.1) is 0 Å². The van der Waals surface area contributed by atoms with Crippen molar-refractivity contribution in [3.05, 3.63) is 99.9 Å². The van der Waals surface area contributed by atoms with E-state index in [9.17, 15) is 28.4 Å². The molecule has 2 saturated heterocycles. The van der Waals surface area contributed by atoms with Gasteiger partial charge in [0.1, 0.15) is 22.0 Å². The number of nitro benzene ring substituents is 1. The van der Waals surface area contributed by atoms with Crippen LogP contribution in [0.15, 0.2) is 78.0 Å². The van der Waals surface area contributed by atoms with Crippen molar-refractivity contribution >= 4 is 44.0 Å². The number of sulfonamides is 1. The maximum atomic E-state index is 14.2. The summed E-state index contributed by atoms with van der Waals surface area (Å²) in [5.41, 5.74) is 3.35. The number of hydrogen-bond donors (Lipinski definition) is 4. The average molecular weight is 934 g/mol. The van der Waals surface area contributed by atoms with Crippen LogP contribution in [-0.4, -0.2) is 83.8 Å². The number of amides is 1. The zero-order valence-electron chi connectivity index (χ0n) is 38.3. The van der Waals surface area contributed by atoms with Gasteiger partial charge in [0.2, 0.25) is 6.79 Å². The van der Waals surface area contributed by atoms with E-state index in [4.69, 9.17) is 14.2 Å². The van der Waals surface area contributed by atoms with Crippen molar-refractivity contribution in [2.75, 3.05) is 43.2 Å². The number of nitrogens with one attached hydrogen (secondary N) is 3. The summed E-state index contributed by atoms with van der Waals surface area (Å²) in [4.78, 5) is 37.9. The van der Waals surface area contributed by atoms with Crippen LogP contribution in [0, 0.1) is 21.4 Å². The molecule has 17 heteroatoms. The van der Waals surface area contributed by atoms with E-state index in [1.165, 1.54) is 43.0 Å². The summed E-state index contributed by atoms with van der Waals surface area (Å²) in [7, 11) is -4.79. The Kier molecular flexibility index (Phi) is 11.8. The number of benzene rings is 3. The maximum absolute atomic E-state index is 14.2. The molecule has 1 amide bonds. The first-order valence-corrected chi connectivity index (χ1v) is 25.1. The highest BCUT2D eigenvalue weighted by Gasteiger charge is 2.50. The second-order valence-corrected chi connectivity index (χ2v) is 21.6. The van der Waals surface area contributed by atoms with Crippen LogP contribution >= 0.6 is 0 Å². The number of aromatic nitrogens is 2. The Labute approximate surface area is 390 Å². The van der Waals surface area contributed by atoms with E-state index >= 15 is 0 Å². The number of aromatic amines is 1. The summed E-state index contributed by atoms with van der Waals surface area (Å²) in [5.74, 6) is -0.299. The van der Waals surface area contributed by atoms with Crippen molar-refractivity contribution in [3.63, 3.8) is 0 Å². The van der Waals surface area contributed by atoms with Crippen LogP contribution in [0.1, 0.15) is 118 Å². The lowest BCUT2D eigenvalue weighted by Crippen LogP contribution is -2.54. The van der Waals surface area contributed by atoms with Gasteiger partial charge < -0.3 is 34.5 Å². The van der Waals surface area contributed by atoms with E-state index in [-0.39, 0.29) is 46.6 Å². The molecule has 1 atom stereocenters. The number of rotatable bonds is 13. The van der Waals surface area contributed by atoms with Crippen LogP contribution in [0.25, 0.3) is 11.0 Å². The van der Waals surface area contributed by atoms with E-state index in [1.54, 1.807) is 37.4 Å². The largest absolute Gasteiger partial charge is 0.455 e. The number of pyridine rings is 1. The molecule has 16 nitrogen and oxygen atoms in total. The second kappa shape index (κ2) is 17.6. The van der Waals surface area contributed by atoms with Gasteiger partial charge in [-0.3, -0.25) is 19.8 Å². The molecule has 4 fully saturated rings. The van der Waals surface area contributed by atoms with E-state index < -0.39 is 37.0 Å². The van der Waals surface area contributed by atoms with Crippen LogP contribution in [-0.2, 0) is 10.0 Å². The summed E-state index contributed by atoms with van der Waals surface area (Å²) in [6.07, 6.45) is 12.8. The van der Waals surface area contributed by atoms with Gasteiger partial charge in [0, 0.05) is 61.1 Å². The Morgan fingerprint density at radius 1 is 1.01 bits per heavy atom. The van der Waals surface area contributed by atoms with Gasteiger partial charge in [-0.1, -0.05) is 38.1 Å². The van der Waals surface area contributed by atoms with E-state index in [2.05, 4.69) is 67.9 Å². The number of aliphatic hydroxyl groups is 1. The normalized spacial score (nSPS) is 22.9.